The molecule has 3 heteroatoms. The van der Waals surface area contributed by atoms with Crippen LogP contribution in [0.25, 0.3) is 0 Å². The van der Waals surface area contributed by atoms with Gasteiger partial charge in [-0.25, -0.2) is 0 Å². The summed E-state index contributed by atoms with van der Waals surface area (Å²) in [5.41, 5.74) is 12.2. The van der Waals surface area contributed by atoms with Crippen LogP contribution >= 0.6 is 0 Å². The monoisotopic (exact) mass is 384 g/mol. The SMILES string of the molecule is CCCCCCN1CCC(C)(c2cccc(N)c2)C(C)C1C#C[Si](C)(C)C. The lowest BCUT2D eigenvalue weighted by Crippen LogP contribution is -2.54. The molecule has 1 aromatic rings. The minimum Gasteiger partial charge on any atom is -0.399 e. The Bertz CT molecular complexity index is 667. The van der Waals surface area contributed by atoms with E-state index in [4.69, 9.17) is 5.73 Å². The molecule has 2 N–H and O–H groups in total. The van der Waals surface area contributed by atoms with Crippen LogP contribution in [0.4, 0.5) is 5.69 Å². The van der Waals surface area contributed by atoms with Gasteiger partial charge in [-0.1, -0.05) is 77.7 Å². The molecule has 2 rings (SSSR count). The van der Waals surface area contributed by atoms with Gasteiger partial charge in [0.1, 0.15) is 8.07 Å². The van der Waals surface area contributed by atoms with Gasteiger partial charge in [0.15, 0.2) is 0 Å². The van der Waals surface area contributed by atoms with Crippen LogP contribution in [0, 0.1) is 17.4 Å². The molecular formula is C24H40N2Si. The topological polar surface area (TPSA) is 29.3 Å². The summed E-state index contributed by atoms with van der Waals surface area (Å²) in [6.07, 6.45) is 6.44. The van der Waals surface area contributed by atoms with E-state index in [0.29, 0.717) is 12.0 Å². The normalized spacial score (nSPS) is 26.4. The first-order valence-corrected chi connectivity index (χ1v) is 14.3. The molecule has 1 fully saturated rings. The van der Waals surface area contributed by atoms with Gasteiger partial charge in [-0.15, -0.1) is 5.54 Å². The van der Waals surface area contributed by atoms with E-state index in [9.17, 15) is 0 Å². The minimum atomic E-state index is -1.39. The number of anilines is 1. The molecule has 0 saturated carbocycles. The highest BCUT2D eigenvalue weighted by atomic mass is 28.3. The number of hydrogen-bond donors (Lipinski definition) is 1. The Balaban J connectivity index is 2.27. The molecule has 0 bridgehead atoms. The van der Waals surface area contributed by atoms with Gasteiger partial charge in [0, 0.05) is 12.2 Å². The van der Waals surface area contributed by atoms with E-state index >= 15 is 0 Å². The summed E-state index contributed by atoms with van der Waals surface area (Å²) in [5.74, 6) is 4.24. The Morgan fingerprint density at radius 2 is 1.96 bits per heavy atom. The van der Waals surface area contributed by atoms with Gasteiger partial charge in [0.2, 0.25) is 0 Å². The molecule has 0 radical (unpaired) electrons. The zero-order valence-electron chi connectivity index (χ0n) is 18.4. The van der Waals surface area contributed by atoms with E-state index in [-0.39, 0.29) is 5.41 Å². The van der Waals surface area contributed by atoms with Crippen LogP contribution in [-0.4, -0.2) is 32.1 Å². The second-order valence-corrected chi connectivity index (χ2v) is 14.4. The molecule has 0 spiro atoms. The van der Waals surface area contributed by atoms with Crippen molar-refractivity contribution in [1.82, 2.24) is 4.90 Å². The molecule has 3 atom stereocenters. The van der Waals surface area contributed by atoms with Crippen LogP contribution in [0.3, 0.4) is 0 Å². The first-order valence-electron chi connectivity index (χ1n) is 10.8. The van der Waals surface area contributed by atoms with Gasteiger partial charge >= 0.3 is 0 Å². The first-order chi connectivity index (χ1) is 12.7. The summed E-state index contributed by atoms with van der Waals surface area (Å²) < 4.78 is 0. The van der Waals surface area contributed by atoms with Crippen molar-refractivity contribution in [1.29, 1.82) is 0 Å². The number of benzene rings is 1. The summed E-state index contributed by atoms with van der Waals surface area (Å²) in [4.78, 5) is 2.67. The third kappa shape index (κ3) is 5.86. The number of nitrogen functional groups attached to an aromatic ring is 1. The van der Waals surface area contributed by atoms with E-state index in [1.54, 1.807) is 0 Å². The van der Waals surface area contributed by atoms with E-state index in [0.717, 1.165) is 12.2 Å². The number of rotatable bonds is 6. The average molecular weight is 385 g/mol. The van der Waals surface area contributed by atoms with Crippen molar-refractivity contribution >= 4 is 13.8 Å². The van der Waals surface area contributed by atoms with Crippen LogP contribution < -0.4 is 5.73 Å². The molecule has 1 aliphatic heterocycles. The Morgan fingerprint density at radius 1 is 1.22 bits per heavy atom. The quantitative estimate of drug-likeness (QED) is 0.295. The Hall–Kier alpha value is -1.24. The van der Waals surface area contributed by atoms with Gasteiger partial charge in [-0.2, -0.15) is 0 Å². The zero-order valence-corrected chi connectivity index (χ0v) is 19.4. The van der Waals surface area contributed by atoms with E-state index < -0.39 is 8.07 Å². The Labute approximate surface area is 168 Å². The summed E-state index contributed by atoms with van der Waals surface area (Å²) >= 11 is 0. The summed E-state index contributed by atoms with van der Waals surface area (Å²) in [6.45, 7) is 16.5. The maximum atomic E-state index is 6.11. The molecular weight excluding hydrogens is 344 g/mol. The van der Waals surface area contributed by atoms with Gasteiger partial charge in [-0.05, 0) is 48.4 Å². The number of nitrogens with two attached hydrogens (primary N) is 1. The maximum Gasteiger partial charge on any atom is 0.129 e. The molecule has 1 aromatic carbocycles. The van der Waals surface area contributed by atoms with Crippen molar-refractivity contribution in [3.63, 3.8) is 0 Å². The highest BCUT2D eigenvalue weighted by Gasteiger charge is 2.43. The Morgan fingerprint density at radius 3 is 2.59 bits per heavy atom. The summed E-state index contributed by atoms with van der Waals surface area (Å²) in [5, 5.41) is 0. The lowest BCUT2D eigenvalue weighted by atomic mass is 9.65. The summed E-state index contributed by atoms with van der Waals surface area (Å²) in [7, 11) is -1.39. The molecule has 0 aromatic heterocycles. The number of hydrogen-bond acceptors (Lipinski definition) is 2. The summed E-state index contributed by atoms with van der Waals surface area (Å²) in [6, 6.07) is 8.87. The smallest absolute Gasteiger partial charge is 0.129 e. The fourth-order valence-electron chi connectivity index (χ4n) is 4.21. The minimum absolute atomic E-state index is 0.133. The van der Waals surface area contributed by atoms with Crippen LogP contribution in [0.2, 0.25) is 19.6 Å². The zero-order chi connectivity index (χ0) is 20.1. The molecule has 1 heterocycles. The van der Waals surface area contributed by atoms with Crippen molar-refractivity contribution in [3.8, 4) is 11.5 Å². The van der Waals surface area contributed by atoms with Gasteiger partial charge in [0.05, 0.1) is 6.04 Å². The van der Waals surface area contributed by atoms with Crippen LogP contribution in [0.15, 0.2) is 24.3 Å². The number of nitrogens with zero attached hydrogens (tertiary/aromatic N) is 1. The molecule has 0 aliphatic carbocycles. The standard InChI is InChI=1S/C24H40N2Si/c1-7-8-9-10-16-26-17-15-24(3,21-12-11-13-22(25)19-21)20(2)23(26)14-18-27(4,5)6/h11-13,19-20,23H,7-10,15-17,25H2,1-6H3. The van der Waals surface area contributed by atoms with E-state index in [1.807, 2.05) is 6.07 Å². The van der Waals surface area contributed by atoms with Crippen LogP contribution in [0.1, 0.15) is 58.4 Å². The second-order valence-electron chi connectivity index (χ2n) is 9.64. The van der Waals surface area contributed by atoms with Crippen molar-refractivity contribution in [3.05, 3.63) is 29.8 Å². The van der Waals surface area contributed by atoms with Gasteiger partial charge in [0.25, 0.3) is 0 Å². The highest BCUT2D eigenvalue weighted by Crippen LogP contribution is 2.42. The van der Waals surface area contributed by atoms with Crippen LogP contribution in [0.5, 0.6) is 0 Å². The lowest BCUT2D eigenvalue weighted by molar-refractivity contribution is 0.0727. The number of likely N-dealkylation sites (tertiary alicyclic amines) is 1. The predicted octanol–water partition coefficient (Wildman–Crippen LogP) is 5.70. The van der Waals surface area contributed by atoms with Crippen LogP contribution in [-0.2, 0) is 5.41 Å². The van der Waals surface area contributed by atoms with E-state index in [1.165, 1.54) is 44.2 Å². The third-order valence-electron chi connectivity index (χ3n) is 6.23. The van der Waals surface area contributed by atoms with Crippen molar-refractivity contribution in [2.75, 3.05) is 18.8 Å². The number of unbranched alkanes of at least 4 members (excludes halogenated alkanes) is 3. The second kappa shape index (κ2) is 9.30. The first kappa shape index (κ1) is 22.1. The molecule has 3 unspecified atom stereocenters. The van der Waals surface area contributed by atoms with Gasteiger partial charge in [-0.3, -0.25) is 4.90 Å². The molecule has 2 nitrogen and oxygen atoms in total. The van der Waals surface area contributed by atoms with Crippen molar-refractivity contribution < 1.29 is 0 Å². The molecule has 27 heavy (non-hydrogen) atoms. The highest BCUT2D eigenvalue weighted by molar-refractivity contribution is 6.83. The average Bonchev–Trinajstić information content (AvgIpc) is 2.60. The van der Waals surface area contributed by atoms with E-state index in [2.05, 4.69) is 75.0 Å². The maximum absolute atomic E-state index is 6.11. The molecule has 1 aliphatic rings. The molecule has 1 saturated heterocycles. The predicted molar refractivity (Wildman–Crippen MR) is 123 cm³/mol. The number of piperidine rings is 1. The fourth-order valence-corrected chi connectivity index (χ4v) is 4.79. The fraction of sp³-hybridized carbons (Fsp3) is 0.667. The van der Waals surface area contributed by atoms with Crippen molar-refractivity contribution in [2.24, 2.45) is 5.92 Å². The lowest BCUT2D eigenvalue weighted by Gasteiger charge is -2.49. The van der Waals surface area contributed by atoms with Crippen molar-refractivity contribution in [2.45, 2.75) is 84.0 Å². The largest absolute Gasteiger partial charge is 0.399 e. The molecule has 0 amide bonds. The van der Waals surface area contributed by atoms with Gasteiger partial charge < -0.3 is 5.73 Å². The third-order valence-corrected chi connectivity index (χ3v) is 7.12. The molecule has 150 valence electrons. The Kier molecular flexibility index (Phi) is 7.60.